The Morgan fingerprint density at radius 1 is 1.83 bits per heavy atom. The molecule has 0 amide bonds. The van der Waals surface area contributed by atoms with Gasteiger partial charge >= 0.3 is 5.97 Å². The van der Waals surface area contributed by atoms with Crippen molar-refractivity contribution in [3.05, 3.63) is 24.8 Å². The van der Waals surface area contributed by atoms with Gasteiger partial charge in [0.05, 0.1) is 5.92 Å². The van der Waals surface area contributed by atoms with Crippen LogP contribution in [0.15, 0.2) is 24.8 Å². The van der Waals surface area contributed by atoms with E-state index >= 15 is 0 Å². The van der Waals surface area contributed by atoms with Crippen LogP contribution in [0.3, 0.4) is 0 Å². The highest BCUT2D eigenvalue weighted by atomic mass is 16.4. The van der Waals surface area contributed by atoms with Gasteiger partial charge in [0.25, 0.3) is 0 Å². The average Bonchev–Trinajstić information content (AvgIpc) is 2.51. The van der Waals surface area contributed by atoms with Crippen molar-refractivity contribution in [2.24, 2.45) is 11.8 Å². The maximum atomic E-state index is 10.8. The van der Waals surface area contributed by atoms with Crippen LogP contribution in [0.4, 0.5) is 0 Å². The number of hydrogen-bond acceptors (Lipinski definition) is 1. The van der Waals surface area contributed by atoms with Crippen LogP contribution in [0.2, 0.25) is 0 Å². The summed E-state index contributed by atoms with van der Waals surface area (Å²) in [5, 5.41) is 8.88. The number of allylic oxidation sites excluding steroid dienone is 3. The van der Waals surface area contributed by atoms with Crippen molar-refractivity contribution in [3.63, 3.8) is 0 Å². The van der Waals surface area contributed by atoms with Crippen LogP contribution < -0.4 is 0 Å². The van der Waals surface area contributed by atoms with E-state index in [2.05, 4.69) is 12.7 Å². The molecule has 66 valence electrons. The third-order valence-electron chi connectivity index (χ3n) is 2.30. The zero-order valence-electron chi connectivity index (χ0n) is 7.07. The molecule has 0 fully saturated rings. The van der Waals surface area contributed by atoms with Crippen molar-refractivity contribution in [1.29, 1.82) is 0 Å². The van der Waals surface area contributed by atoms with E-state index in [0.717, 1.165) is 12.8 Å². The number of rotatable bonds is 4. The molecular formula is C10H14O2. The highest BCUT2D eigenvalue weighted by Gasteiger charge is 2.26. The Hall–Kier alpha value is -1.05. The highest BCUT2D eigenvalue weighted by molar-refractivity contribution is 5.71. The predicted molar refractivity (Wildman–Crippen MR) is 47.8 cm³/mol. The third kappa shape index (κ3) is 1.97. The van der Waals surface area contributed by atoms with Gasteiger partial charge in [0.15, 0.2) is 0 Å². The lowest BCUT2D eigenvalue weighted by molar-refractivity contribution is -0.142. The average molecular weight is 166 g/mol. The molecule has 2 unspecified atom stereocenters. The summed E-state index contributed by atoms with van der Waals surface area (Å²) in [6, 6.07) is 0. The Morgan fingerprint density at radius 3 is 3.00 bits per heavy atom. The molecule has 0 aromatic heterocycles. The van der Waals surface area contributed by atoms with E-state index in [1.54, 1.807) is 6.08 Å². The molecule has 0 heterocycles. The normalized spacial score (nSPS) is 23.8. The molecule has 0 aliphatic heterocycles. The van der Waals surface area contributed by atoms with E-state index < -0.39 is 5.97 Å². The lowest BCUT2D eigenvalue weighted by Crippen LogP contribution is -2.20. The summed E-state index contributed by atoms with van der Waals surface area (Å²) < 4.78 is 0. The Morgan fingerprint density at radius 2 is 2.58 bits per heavy atom. The van der Waals surface area contributed by atoms with Gasteiger partial charge in [-0.1, -0.05) is 18.2 Å². The van der Waals surface area contributed by atoms with Crippen molar-refractivity contribution in [3.8, 4) is 0 Å². The smallest absolute Gasteiger partial charge is 0.307 e. The van der Waals surface area contributed by atoms with Crippen LogP contribution in [-0.4, -0.2) is 11.1 Å². The summed E-state index contributed by atoms with van der Waals surface area (Å²) in [6.45, 7) is 3.57. The fourth-order valence-electron chi connectivity index (χ4n) is 1.63. The summed E-state index contributed by atoms with van der Waals surface area (Å²) >= 11 is 0. The van der Waals surface area contributed by atoms with Crippen LogP contribution in [0.5, 0.6) is 0 Å². The molecule has 1 N–H and O–H groups in total. The first kappa shape index (κ1) is 9.04. The van der Waals surface area contributed by atoms with Crippen molar-refractivity contribution < 1.29 is 9.90 Å². The largest absolute Gasteiger partial charge is 0.481 e. The van der Waals surface area contributed by atoms with E-state index in [0.29, 0.717) is 6.42 Å². The molecule has 2 nitrogen and oxygen atoms in total. The van der Waals surface area contributed by atoms with Gasteiger partial charge in [-0.2, -0.15) is 0 Å². The molecule has 1 rings (SSSR count). The first-order valence-electron chi connectivity index (χ1n) is 4.26. The van der Waals surface area contributed by atoms with Gasteiger partial charge in [-0.05, 0) is 25.2 Å². The summed E-state index contributed by atoms with van der Waals surface area (Å²) in [5.74, 6) is -0.742. The van der Waals surface area contributed by atoms with Gasteiger partial charge in [-0.3, -0.25) is 4.79 Å². The number of carboxylic acids is 1. The molecule has 0 saturated carbocycles. The molecule has 1 aliphatic carbocycles. The van der Waals surface area contributed by atoms with Crippen LogP contribution in [-0.2, 0) is 4.79 Å². The van der Waals surface area contributed by atoms with Crippen LogP contribution in [0, 0.1) is 11.8 Å². The van der Waals surface area contributed by atoms with Crippen molar-refractivity contribution in [1.82, 2.24) is 0 Å². The lowest BCUT2D eigenvalue weighted by atomic mass is 9.89. The van der Waals surface area contributed by atoms with Gasteiger partial charge in [-0.15, -0.1) is 6.58 Å². The maximum absolute atomic E-state index is 10.8. The van der Waals surface area contributed by atoms with E-state index in [1.807, 2.05) is 6.08 Å². The fraction of sp³-hybridized carbons (Fsp3) is 0.500. The molecule has 0 aromatic rings. The summed E-state index contributed by atoms with van der Waals surface area (Å²) in [5.41, 5.74) is 0. The van der Waals surface area contributed by atoms with Crippen LogP contribution in [0.1, 0.15) is 19.3 Å². The quantitative estimate of drug-likeness (QED) is 0.650. The molecule has 0 radical (unpaired) electrons. The number of hydrogen-bond donors (Lipinski definition) is 1. The minimum absolute atomic E-state index is 0.223. The van der Waals surface area contributed by atoms with Gasteiger partial charge in [0.1, 0.15) is 0 Å². The van der Waals surface area contributed by atoms with Gasteiger partial charge < -0.3 is 5.11 Å². The first-order valence-corrected chi connectivity index (χ1v) is 4.26. The molecule has 2 heteroatoms. The van der Waals surface area contributed by atoms with Crippen molar-refractivity contribution >= 4 is 5.97 Å². The van der Waals surface area contributed by atoms with Crippen molar-refractivity contribution in [2.45, 2.75) is 19.3 Å². The van der Waals surface area contributed by atoms with E-state index in [9.17, 15) is 4.79 Å². The fourth-order valence-corrected chi connectivity index (χ4v) is 1.63. The van der Waals surface area contributed by atoms with Gasteiger partial charge in [0, 0.05) is 0 Å². The molecule has 0 aromatic carbocycles. The number of aliphatic carboxylic acids is 1. The standard InChI is InChI=1S/C10H14O2/c1-2-5-9(10(11)12)8-6-3-4-7-8/h2-3,6,8-9H,1,4-5,7H2,(H,11,12). The summed E-state index contributed by atoms with van der Waals surface area (Å²) in [6.07, 6.45) is 8.33. The molecular weight excluding hydrogens is 152 g/mol. The summed E-state index contributed by atoms with van der Waals surface area (Å²) in [4.78, 5) is 10.8. The molecule has 0 bridgehead atoms. The second-order valence-corrected chi connectivity index (χ2v) is 3.14. The number of carbonyl (C=O) groups is 1. The SMILES string of the molecule is C=CCC(C(=O)O)C1C=CCC1. The monoisotopic (exact) mass is 166 g/mol. The minimum Gasteiger partial charge on any atom is -0.481 e. The second-order valence-electron chi connectivity index (χ2n) is 3.14. The lowest BCUT2D eigenvalue weighted by Gasteiger charge is -2.15. The minimum atomic E-state index is -0.702. The second kappa shape index (κ2) is 4.10. The molecule has 0 spiro atoms. The van der Waals surface area contributed by atoms with E-state index in [-0.39, 0.29) is 11.8 Å². The Bertz CT molecular complexity index is 206. The highest BCUT2D eigenvalue weighted by Crippen LogP contribution is 2.27. The molecule has 1 aliphatic rings. The van der Waals surface area contributed by atoms with E-state index in [4.69, 9.17) is 5.11 Å². The maximum Gasteiger partial charge on any atom is 0.307 e. The van der Waals surface area contributed by atoms with Crippen LogP contribution >= 0.6 is 0 Å². The van der Waals surface area contributed by atoms with Gasteiger partial charge in [-0.25, -0.2) is 0 Å². The number of carboxylic acid groups (broad SMARTS) is 1. The van der Waals surface area contributed by atoms with E-state index in [1.165, 1.54) is 0 Å². The Balaban J connectivity index is 2.57. The topological polar surface area (TPSA) is 37.3 Å². The molecule has 2 atom stereocenters. The first-order chi connectivity index (χ1) is 5.75. The zero-order chi connectivity index (χ0) is 8.97. The predicted octanol–water partition coefficient (Wildman–Crippen LogP) is 2.23. The van der Waals surface area contributed by atoms with Crippen molar-refractivity contribution in [2.75, 3.05) is 0 Å². The van der Waals surface area contributed by atoms with Crippen LogP contribution in [0.25, 0.3) is 0 Å². The Labute approximate surface area is 72.6 Å². The third-order valence-corrected chi connectivity index (χ3v) is 2.30. The molecule has 12 heavy (non-hydrogen) atoms. The van der Waals surface area contributed by atoms with Gasteiger partial charge in [0.2, 0.25) is 0 Å². The zero-order valence-corrected chi connectivity index (χ0v) is 7.07. The molecule has 0 saturated heterocycles. The summed E-state index contributed by atoms with van der Waals surface area (Å²) in [7, 11) is 0. The Kier molecular flexibility index (Phi) is 3.09.